The molecule has 0 aliphatic heterocycles. The monoisotopic (exact) mass is 2930 g/mol. The van der Waals surface area contributed by atoms with E-state index in [1.165, 1.54) is 107 Å². The van der Waals surface area contributed by atoms with Crippen molar-refractivity contribution < 1.29 is 80.4 Å². The molecule has 4 radical (unpaired) electrons. The summed E-state index contributed by atoms with van der Waals surface area (Å²) in [7, 11) is 0. The number of rotatable bonds is 20. The van der Waals surface area contributed by atoms with Crippen molar-refractivity contribution in [3.8, 4) is 112 Å². The summed E-state index contributed by atoms with van der Waals surface area (Å²) >= 11 is -7.75. The fraction of sp³-hybridized carbons (Fsp3) is 0.254. The first-order valence-corrected chi connectivity index (χ1v) is 81.3. The van der Waals surface area contributed by atoms with Crippen LogP contribution >= 0.6 is 0 Å². The Kier molecular flexibility index (Phi) is 50.5. The Bertz CT molecular complexity index is 6690. The molecular weight excluding hydrogens is 2780 g/mol. The van der Waals surface area contributed by atoms with Crippen LogP contribution in [0.3, 0.4) is 0 Å². The maximum absolute atomic E-state index is 4.90. The molecule has 10 aromatic carbocycles. The topological polar surface area (TPSA) is 103 Å². The van der Waals surface area contributed by atoms with E-state index < -0.39 is 53.1 Å². The zero-order valence-electron chi connectivity index (χ0n) is 90.9. The van der Waals surface area contributed by atoms with E-state index in [0.29, 0.717) is 11.8 Å². The summed E-state index contributed by atoms with van der Waals surface area (Å²) in [6, 6.07) is 133. The van der Waals surface area contributed by atoms with Crippen molar-refractivity contribution >= 4 is 70.6 Å². The number of aryl methyl sites for hydroxylation is 4. The van der Waals surface area contributed by atoms with E-state index >= 15 is 0 Å². The number of benzene rings is 10. The molecule has 8 aromatic heterocycles. The van der Waals surface area contributed by atoms with Gasteiger partial charge in [0.2, 0.25) is 0 Å². The third-order valence-electron chi connectivity index (χ3n) is 25.8. The average Bonchev–Trinajstić information content (AvgIpc) is 1.38. The number of hydrogen-bond donors (Lipinski definition) is 0. The first-order chi connectivity index (χ1) is 70.2. The molecule has 20 rings (SSSR count). The van der Waals surface area contributed by atoms with Crippen LogP contribution in [0, 0.1) is 88.1 Å². The van der Waals surface area contributed by atoms with Crippen molar-refractivity contribution in [2.75, 3.05) is 0 Å². The van der Waals surface area contributed by atoms with Gasteiger partial charge in [0.05, 0.1) is 0 Å². The number of pyridine rings is 8. The normalized spacial score (nSPS) is 12.1. The van der Waals surface area contributed by atoms with E-state index in [-0.39, 0.29) is 80.4 Å². The quantitative estimate of drug-likeness (QED) is 0.0549. The molecule has 2 saturated carbocycles. The molecule has 2 fully saturated rings. The molecule has 8 nitrogen and oxygen atoms in total. The molecule has 0 saturated heterocycles. The van der Waals surface area contributed by atoms with Gasteiger partial charge in [0, 0.05) is 105 Å². The van der Waals surface area contributed by atoms with Gasteiger partial charge in [-0.25, -0.2) is 0 Å². The van der Waals surface area contributed by atoms with Gasteiger partial charge in [-0.2, -0.15) is 0 Å². The maximum atomic E-state index is 4.90. The molecule has 16 heteroatoms. The standard InChI is InChI=1S/C25H28GeN.C24H28GeN.C19H24GeN.C18H24GeN.4C12H10N.4Ir/c1-26(2,3)24-17-25(27-18-23(24)20-12-7-8-13-20)22-15-9-14-21(16-22)19-10-5-4-6-11-19;1-18(2)14-22-17-26-24(16-23(22)25(3,4)5)21-13-9-12-20(15-21)19-10-7-6-8-11-19;1-20(2,3)18-13-19(16-11-5-4-6-12-16)21-14-17(18)15-9-7-8-10-15;1-14(2)11-16-13-20-18(12-17(16)19(3,4)5)15-9-7-6-8-10-15;4*1-10-7-8-12(13-9-10)11-5-3-2-4-6-11;;;;/h4-6,9-11,14,16-18,20H,7-8,12-13H2,1-3H3;6-12,15-18H,14H2,1-5H3;4-6,11,13-15H,7-10H2,1-3H3;6-9,12-14H,11H2,1-5H3;4*2-5,7-9H,1H3;;;;/q8*-1;;;;. The van der Waals surface area contributed by atoms with Gasteiger partial charge < -0.3 is 19.9 Å². The summed E-state index contributed by atoms with van der Waals surface area (Å²) < 4.78 is 6.43. The molecule has 2 aliphatic rings. The molecule has 150 heavy (non-hydrogen) atoms. The first-order valence-electron chi connectivity index (χ1n) is 51.9. The second-order valence-corrected chi connectivity index (χ2v) is 85.5. The van der Waals surface area contributed by atoms with Crippen LogP contribution in [-0.2, 0) is 93.3 Å². The molecule has 8 heterocycles. The van der Waals surface area contributed by atoms with Gasteiger partial charge in [-0.3, -0.25) is 0 Å². The zero-order chi connectivity index (χ0) is 104. The Hall–Kier alpha value is -9.83. The molecule has 0 N–H and O–H groups in total. The summed E-state index contributed by atoms with van der Waals surface area (Å²) in [5.74, 6) is 32.6. The van der Waals surface area contributed by atoms with Gasteiger partial charge in [0.15, 0.2) is 0 Å². The Morgan fingerprint density at radius 2 is 0.453 bits per heavy atom. The number of hydrogen-bond acceptors (Lipinski definition) is 8. The van der Waals surface area contributed by atoms with Crippen LogP contribution in [0.5, 0.6) is 0 Å². The van der Waals surface area contributed by atoms with Gasteiger partial charge >= 0.3 is 584 Å². The zero-order valence-corrected chi connectivity index (χ0v) is 109. The molecular formula is C134H144Ge4Ir4N8-8. The van der Waals surface area contributed by atoms with E-state index in [1.54, 1.807) is 28.7 Å². The molecule has 2 aliphatic carbocycles. The minimum absolute atomic E-state index is 0. The van der Waals surface area contributed by atoms with Crippen molar-refractivity contribution in [1.29, 1.82) is 0 Å². The summed E-state index contributed by atoms with van der Waals surface area (Å²) in [5.41, 5.74) is 32.4. The molecule has 18 aromatic rings. The first kappa shape index (κ1) is 124. The van der Waals surface area contributed by atoms with Crippen LogP contribution in [0.25, 0.3) is 112 Å². The predicted molar refractivity (Wildman–Crippen MR) is 629 cm³/mol. The van der Waals surface area contributed by atoms with Crippen molar-refractivity contribution in [2.45, 2.75) is 201 Å². The molecule has 780 valence electrons. The van der Waals surface area contributed by atoms with Crippen LogP contribution < -0.4 is 17.6 Å². The molecule has 0 bridgehead atoms. The van der Waals surface area contributed by atoms with Crippen LogP contribution in [-0.4, -0.2) is 92.9 Å². The van der Waals surface area contributed by atoms with Crippen LogP contribution in [0.15, 0.2) is 365 Å². The second-order valence-electron chi connectivity index (χ2n) is 43.2. The molecule has 0 unspecified atom stereocenters. The van der Waals surface area contributed by atoms with Crippen molar-refractivity contribution in [2.24, 2.45) is 11.8 Å². The number of nitrogens with zero attached hydrogens (tertiary/aromatic N) is 8. The Morgan fingerprint density at radius 1 is 0.227 bits per heavy atom. The molecule has 0 spiro atoms. The van der Waals surface area contributed by atoms with E-state index in [2.05, 4.69) is 347 Å². The Morgan fingerprint density at radius 3 is 0.687 bits per heavy atom. The second kappa shape index (κ2) is 61.3. The largest absolute Gasteiger partial charge is 0 e. The van der Waals surface area contributed by atoms with E-state index in [9.17, 15) is 0 Å². The smallest absolute Gasteiger partial charge is 0 e. The maximum Gasteiger partial charge on any atom is 0 e. The Labute approximate surface area is 963 Å². The van der Waals surface area contributed by atoms with Crippen LogP contribution in [0.1, 0.15) is 135 Å². The van der Waals surface area contributed by atoms with Crippen molar-refractivity contribution in [3.63, 3.8) is 0 Å². The Balaban J connectivity index is 0.000000192. The summed E-state index contributed by atoms with van der Waals surface area (Å²) in [6.07, 6.45) is 29.2. The average molecular weight is 2930 g/mol. The van der Waals surface area contributed by atoms with Crippen LogP contribution in [0.2, 0.25) is 69.1 Å². The summed E-state index contributed by atoms with van der Waals surface area (Å²) in [5, 5.41) is 0. The summed E-state index contributed by atoms with van der Waals surface area (Å²) in [4.78, 5) is 36.4. The molecule has 0 atom stereocenters. The van der Waals surface area contributed by atoms with Gasteiger partial charge in [-0.1, -0.05) is 48.5 Å². The van der Waals surface area contributed by atoms with Gasteiger partial charge in [-0.05, 0) is 72.7 Å². The van der Waals surface area contributed by atoms with E-state index in [0.717, 1.165) is 115 Å². The van der Waals surface area contributed by atoms with Gasteiger partial charge in [-0.15, -0.1) is 144 Å². The van der Waals surface area contributed by atoms with Gasteiger partial charge in [0.1, 0.15) is 0 Å². The predicted octanol–water partition coefficient (Wildman–Crippen LogP) is 32.8. The number of aromatic nitrogens is 8. The minimum atomic E-state index is -1.99. The van der Waals surface area contributed by atoms with Gasteiger partial charge in [0.25, 0.3) is 0 Å². The third-order valence-corrected chi connectivity index (χ3v) is 43.2. The van der Waals surface area contributed by atoms with Crippen LogP contribution in [0.4, 0.5) is 0 Å². The molecule has 0 amide bonds. The van der Waals surface area contributed by atoms with Crippen molar-refractivity contribution in [1.82, 2.24) is 39.9 Å². The fourth-order valence-electron chi connectivity index (χ4n) is 18.2. The summed E-state index contributed by atoms with van der Waals surface area (Å²) in [6.45, 7) is 17.2. The van der Waals surface area contributed by atoms with E-state index in [1.807, 2.05) is 216 Å². The minimum Gasteiger partial charge on any atom is 0 e. The van der Waals surface area contributed by atoms with E-state index in [4.69, 9.17) is 15.0 Å². The van der Waals surface area contributed by atoms with Crippen molar-refractivity contribution in [3.05, 3.63) is 458 Å². The third kappa shape index (κ3) is 38.4. The SMILES string of the molecule is CC(C)Cc1cnc(-c2[c-]ccc(-c3ccccc3)c2)c[c]1[Ge]([CH3])([CH3])[CH3].CC(C)Cc1cnc(-c2[c-]cccc2)c[c]1[Ge]([CH3])([CH3])[CH3].Cc1ccc(-c2[c-]cccc2)nc1.Cc1ccc(-c2[c-]cccc2)nc1.Cc1ccc(-c2[c-]cccc2)nc1.Cc1ccc(-c2[c-]cccc2)nc1.[CH3][Ge]([CH3])([CH3])[c]1cc(-c2[c-]ccc(-c3ccccc3)c2)ncc1C1CCCC1.[CH3][Ge]([CH3])([CH3])[c]1cc(-c2[c-]cccc2)ncc1C1CCCC1.[Ir].[Ir].[Ir].[Ir]. The fourth-order valence-corrected chi connectivity index (χ4v) is 32.5.